The minimum absolute atomic E-state index is 0.0702. The van der Waals surface area contributed by atoms with Crippen LogP contribution >= 0.6 is 11.8 Å². The molecule has 7 heteroatoms. The molecule has 5 nitrogen and oxygen atoms in total. The standard InChI is InChI=1S/C16H18BN5S/c1-16(2,3)23-14-7-13(19-9-11-5-4-6-18-8-11)22-15(21-14)12(17)10-20-22/h4-8,10,19H,9H2,1-3H3. The molecular weight excluding hydrogens is 305 g/mol. The lowest BCUT2D eigenvalue weighted by molar-refractivity contribution is 0.798. The van der Waals surface area contributed by atoms with Crippen molar-refractivity contribution in [1.29, 1.82) is 0 Å². The molecule has 0 aliphatic carbocycles. The molecule has 0 atom stereocenters. The van der Waals surface area contributed by atoms with Crippen LogP contribution in [0.15, 0.2) is 41.8 Å². The van der Waals surface area contributed by atoms with Gasteiger partial charge >= 0.3 is 0 Å². The van der Waals surface area contributed by atoms with E-state index in [9.17, 15) is 0 Å². The van der Waals surface area contributed by atoms with Crippen LogP contribution in [0.3, 0.4) is 0 Å². The third-order valence-electron chi connectivity index (χ3n) is 3.08. The highest BCUT2D eigenvalue weighted by atomic mass is 32.2. The van der Waals surface area contributed by atoms with Gasteiger partial charge in [0.15, 0.2) is 5.65 Å². The van der Waals surface area contributed by atoms with Crippen LogP contribution in [0.1, 0.15) is 26.3 Å². The number of aromatic nitrogens is 4. The zero-order chi connectivity index (χ0) is 16.4. The Hall–Kier alpha value is -2.02. The van der Waals surface area contributed by atoms with E-state index in [-0.39, 0.29) is 4.75 Å². The van der Waals surface area contributed by atoms with Gasteiger partial charge in [-0.25, -0.2) is 4.98 Å². The quantitative estimate of drug-likeness (QED) is 0.454. The number of fused-ring (bicyclic) bond motifs is 1. The van der Waals surface area contributed by atoms with Crippen LogP contribution in [0.4, 0.5) is 5.82 Å². The zero-order valence-corrected chi connectivity index (χ0v) is 14.3. The summed E-state index contributed by atoms with van der Waals surface area (Å²) in [5, 5.41) is 8.63. The summed E-state index contributed by atoms with van der Waals surface area (Å²) in [5.74, 6) is 0.863. The van der Waals surface area contributed by atoms with Crippen LogP contribution in [0.5, 0.6) is 0 Å². The summed E-state index contributed by atoms with van der Waals surface area (Å²) in [7, 11) is 5.99. The van der Waals surface area contributed by atoms with Crippen molar-refractivity contribution in [3.8, 4) is 0 Å². The number of thioether (sulfide) groups is 1. The van der Waals surface area contributed by atoms with Crippen LogP contribution in [0, 0.1) is 0 Å². The highest BCUT2D eigenvalue weighted by Crippen LogP contribution is 2.32. The van der Waals surface area contributed by atoms with Gasteiger partial charge in [0.25, 0.3) is 0 Å². The molecule has 0 saturated heterocycles. The van der Waals surface area contributed by atoms with E-state index in [1.54, 1.807) is 28.7 Å². The van der Waals surface area contributed by atoms with Crippen molar-refractivity contribution in [2.75, 3.05) is 5.32 Å². The Kier molecular flexibility index (Phi) is 4.30. The number of nitrogens with zero attached hydrogens (tertiary/aromatic N) is 4. The summed E-state index contributed by atoms with van der Waals surface area (Å²) in [6, 6.07) is 5.96. The highest BCUT2D eigenvalue weighted by Gasteiger charge is 2.16. The smallest absolute Gasteiger partial charge is 0.151 e. The van der Waals surface area contributed by atoms with E-state index < -0.39 is 0 Å². The molecule has 3 aromatic rings. The number of nitrogens with one attached hydrogen (secondary N) is 1. The first-order valence-corrected chi connectivity index (χ1v) is 8.20. The van der Waals surface area contributed by atoms with Crippen LogP contribution in [-0.4, -0.2) is 32.2 Å². The summed E-state index contributed by atoms with van der Waals surface area (Å²) < 4.78 is 1.80. The Morgan fingerprint density at radius 2 is 2.13 bits per heavy atom. The van der Waals surface area contributed by atoms with Gasteiger partial charge in [0.1, 0.15) is 18.7 Å². The van der Waals surface area contributed by atoms with Crippen LogP contribution < -0.4 is 10.8 Å². The minimum atomic E-state index is 0.0702. The van der Waals surface area contributed by atoms with E-state index in [1.807, 2.05) is 24.4 Å². The third-order valence-corrected chi connectivity index (χ3v) is 4.11. The molecule has 0 aromatic carbocycles. The fraction of sp³-hybridized carbons (Fsp3) is 0.312. The average molecular weight is 323 g/mol. The molecule has 23 heavy (non-hydrogen) atoms. The first-order chi connectivity index (χ1) is 10.9. The lowest BCUT2D eigenvalue weighted by Gasteiger charge is -2.18. The summed E-state index contributed by atoms with van der Waals surface area (Å²) in [4.78, 5) is 8.75. The minimum Gasteiger partial charge on any atom is -0.366 e. The number of pyridine rings is 1. The van der Waals surface area contributed by atoms with Crippen molar-refractivity contribution in [3.63, 3.8) is 0 Å². The van der Waals surface area contributed by atoms with E-state index >= 15 is 0 Å². The van der Waals surface area contributed by atoms with Crippen molar-refractivity contribution in [3.05, 3.63) is 42.4 Å². The first kappa shape index (κ1) is 15.9. The highest BCUT2D eigenvalue weighted by molar-refractivity contribution is 8.00. The molecule has 0 fully saturated rings. The summed E-state index contributed by atoms with van der Waals surface area (Å²) in [5.41, 5.74) is 2.35. The molecule has 3 heterocycles. The van der Waals surface area contributed by atoms with Crippen molar-refractivity contribution in [2.24, 2.45) is 0 Å². The van der Waals surface area contributed by atoms with Gasteiger partial charge in [-0.1, -0.05) is 26.8 Å². The molecule has 2 radical (unpaired) electrons. The second-order valence-corrected chi connectivity index (χ2v) is 8.09. The Balaban J connectivity index is 1.94. The molecule has 116 valence electrons. The van der Waals surface area contributed by atoms with Crippen molar-refractivity contribution < 1.29 is 0 Å². The van der Waals surface area contributed by atoms with Gasteiger partial charge in [-0.3, -0.25) is 4.98 Å². The average Bonchev–Trinajstić information content (AvgIpc) is 2.86. The zero-order valence-electron chi connectivity index (χ0n) is 13.4. The molecule has 0 saturated carbocycles. The van der Waals surface area contributed by atoms with Crippen molar-refractivity contribution in [2.45, 2.75) is 37.1 Å². The normalized spacial score (nSPS) is 11.8. The molecule has 0 spiro atoms. The van der Waals surface area contributed by atoms with E-state index in [4.69, 9.17) is 7.85 Å². The van der Waals surface area contributed by atoms with E-state index in [2.05, 4.69) is 41.2 Å². The maximum absolute atomic E-state index is 5.99. The van der Waals surface area contributed by atoms with Gasteiger partial charge in [-0.15, -0.1) is 11.8 Å². The molecule has 0 unspecified atom stereocenters. The van der Waals surface area contributed by atoms with E-state index in [0.717, 1.165) is 16.4 Å². The fourth-order valence-corrected chi connectivity index (χ4v) is 3.07. The van der Waals surface area contributed by atoms with E-state index in [1.165, 1.54) is 0 Å². The maximum Gasteiger partial charge on any atom is 0.151 e. The summed E-state index contributed by atoms with van der Waals surface area (Å²) >= 11 is 1.70. The lowest BCUT2D eigenvalue weighted by atomic mass is 10.0. The van der Waals surface area contributed by atoms with Gasteiger partial charge in [0, 0.05) is 35.9 Å². The predicted molar refractivity (Wildman–Crippen MR) is 95.5 cm³/mol. The Morgan fingerprint density at radius 1 is 1.30 bits per heavy atom. The molecule has 0 amide bonds. The molecule has 0 aliphatic heterocycles. The number of rotatable bonds is 4. The van der Waals surface area contributed by atoms with Crippen LogP contribution in [0.25, 0.3) is 5.65 Å². The Labute approximate surface area is 141 Å². The summed E-state index contributed by atoms with van der Waals surface area (Å²) in [6.07, 6.45) is 5.23. The molecule has 3 aromatic heterocycles. The second-order valence-electron chi connectivity index (χ2n) is 6.24. The predicted octanol–water partition coefficient (Wildman–Crippen LogP) is 2.42. The van der Waals surface area contributed by atoms with Crippen LogP contribution in [-0.2, 0) is 6.54 Å². The molecule has 3 rings (SSSR count). The van der Waals surface area contributed by atoms with Gasteiger partial charge in [-0.05, 0) is 17.1 Å². The van der Waals surface area contributed by atoms with E-state index in [0.29, 0.717) is 17.7 Å². The number of hydrogen-bond donors (Lipinski definition) is 1. The van der Waals surface area contributed by atoms with Crippen molar-refractivity contribution >= 4 is 36.5 Å². The van der Waals surface area contributed by atoms with Gasteiger partial charge in [0.2, 0.25) is 0 Å². The fourth-order valence-electron chi connectivity index (χ4n) is 2.14. The molecule has 0 bridgehead atoms. The second kappa shape index (κ2) is 6.24. The Bertz CT molecular complexity index is 810. The summed E-state index contributed by atoms with van der Waals surface area (Å²) in [6.45, 7) is 7.14. The third kappa shape index (κ3) is 3.85. The van der Waals surface area contributed by atoms with Crippen molar-refractivity contribution in [1.82, 2.24) is 19.6 Å². The molecule has 1 N–H and O–H groups in total. The monoisotopic (exact) mass is 323 g/mol. The first-order valence-electron chi connectivity index (χ1n) is 7.38. The SMILES string of the molecule is [B]c1cnn2c(NCc3cccnc3)cc(SC(C)(C)C)nc12. The molecule has 0 aliphatic rings. The number of hydrogen-bond acceptors (Lipinski definition) is 5. The molecular formula is C16H18BN5S. The lowest BCUT2D eigenvalue weighted by Crippen LogP contribution is -2.12. The maximum atomic E-state index is 5.99. The van der Waals surface area contributed by atoms with Gasteiger partial charge in [-0.2, -0.15) is 9.61 Å². The Morgan fingerprint density at radius 3 is 2.83 bits per heavy atom. The van der Waals surface area contributed by atoms with Crippen LogP contribution in [0.2, 0.25) is 0 Å². The van der Waals surface area contributed by atoms with Gasteiger partial charge in [0.05, 0.1) is 0 Å². The van der Waals surface area contributed by atoms with Gasteiger partial charge < -0.3 is 5.32 Å². The number of anilines is 1. The topological polar surface area (TPSA) is 55.1 Å². The largest absolute Gasteiger partial charge is 0.366 e.